The van der Waals surface area contributed by atoms with Crippen molar-refractivity contribution in [2.75, 3.05) is 13.6 Å². The van der Waals surface area contributed by atoms with Crippen LogP contribution in [-0.2, 0) is 4.79 Å². The van der Waals surface area contributed by atoms with Crippen molar-refractivity contribution in [3.05, 3.63) is 36.0 Å². The number of carboxylic acids is 1. The average molecular weight is 288 g/mol. The van der Waals surface area contributed by atoms with Crippen LogP contribution in [0.1, 0.15) is 12.5 Å². The van der Waals surface area contributed by atoms with Crippen molar-refractivity contribution in [2.24, 2.45) is 0 Å². The number of aromatic nitrogens is 1. The third-order valence-electron chi connectivity index (χ3n) is 3.09. The highest BCUT2D eigenvalue weighted by atomic mass is 16.6. The van der Waals surface area contributed by atoms with Crippen LogP contribution in [0, 0.1) is 0 Å². The second-order valence-electron chi connectivity index (χ2n) is 4.48. The van der Waals surface area contributed by atoms with Gasteiger partial charge in [-0.25, -0.2) is 9.59 Å². The van der Waals surface area contributed by atoms with E-state index in [0.29, 0.717) is 23.2 Å². The lowest BCUT2D eigenvalue weighted by Gasteiger charge is -2.14. The molecule has 1 aromatic heterocycles. The maximum atomic E-state index is 11.9. The summed E-state index contributed by atoms with van der Waals surface area (Å²) in [6.07, 6.45) is 3.71. The maximum absolute atomic E-state index is 11.9. The molecule has 0 spiro atoms. The minimum absolute atomic E-state index is 0.393. The van der Waals surface area contributed by atoms with Crippen LogP contribution < -0.4 is 4.74 Å². The van der Waals surface area contributed by atoms with Crippen molar-refractivity contribution >= 4 is 29.0 Å². The highest BCUT2D eigenvalue weighted by Gasteiger charge is 2.14. The lowest BCUT2D eigenvalue weighted by Crippen LogP contribution is -2.29. The van der Waals surface area contributed by atoms with Crippen LogP contribution in [0.4, 0.5) is 4.79 Å². The van der Waals surface area contributed by atoms with E-state index in [1.165, 1.54) is 11.0 Å². The number of H-pyrrole nitrogens is 1. The maximum Gasteiger partial charge on any atom is 0.414 e. The number of carboxylic acid groups (broad SMARTS) is 1. The summed E-state index contributed by atoms with van der Waals surface area (Å²) in [5.41, 5.74) is 1.42. The molecule has 1 aromatic carbocycles. The number of hydrogen-bond donors (Lipinski definition) is 2. The van der Waals surface area contributed by atoms with E-state index in [2.05, 4.69) is 4.98 Å². The zero-order valence-electron chi connectivity index (χ0n) is 11.8. The molecular weight excluding hydrogens is 272 g/mol. The summed E-state index contributed by atoms with van der Waals surface area (Å²) in [7, 11) is 1.64. The lowest BCUT2D eigenvalue weighted by molar-refractivity contribution is -0.131. The molecule has 1 heterocycles. The van der Waals surface area contributed by atoms with Crippen LogP contribution in [0.15, 0.2) is 30.5 Å². The van der Waals surface area contributed by atoms with Crippen molar-refractivity contribution in [3.63, 3.8) is 0 Å². The molecule has 2 N–H and O–H groups in total. The largest absolute Gasteiger partial charge is 0.478 e. The van der Waals surface area contributed by atoms with Crippen LogP contribution in [0.3, 0.4) is 0 Å². The molecule has 0 radical (unpaired) electrons. The van der Waals surface area contributed by atoms with Gasteiger partial charge in [0, 0.05) is 42.3 Å². The summed E-state index contributed by atoms with van der Waals surface area (Å²) in [5, 5.41) is 9.39. The predicted octanol–water partition coefficient (Wildman–Crippen LogP) is 2.72. The minimum atomic E-state index is -1.04. The van der Waals surface area contributed by atoms with Gasteiger partial charge in [-0.05, 0) is 25.1 Å². The quantitative estimate of drug-likeness (QED) is 0.847. The molecule has 0 unspecified atom stereocenters. The summed E-state index contributed by atoms with van der Waals surface area (Å²) >= 11 is 0. The first kappa shape index (κ1) is 14.6. The topological polar surface area (TPSA) is 82.6 Å². The number of nitrogens with one attached hydrogen (secondary N) is 1. The first-order chi connectivity index (χ1) is 10.0. The van der Waals surface area contributed by atoms with Crippen molar-refractivity contribution in [3.8, 4) is 5.75 Å². The van der Waals surface area contributed by atoms with E-state index < -0.39 is 12.1 Å². The van der Waals surface area contributed by atoms with Gasteiger partial charge in [0.1, 0.15) is 5.75 Å². The zero-order chi connectivity index (χ0) is 15.4. The zero-order valence-corrected chi connectivity index (χ0v) is 11.8. The van der Waals surface area contributed by atoms with E-state index in [9.17, 15) is 9.59 Å². The van der Waals surface area contributed by atoms with Gasteiger partial charge >= 0.3 is 12.1 Å². The monoisotopic (exact) mass is 288 g/mol. The first-order valence-corrected chi connectivity index (χ1v) is 6.47. The molecule has 0 atom stereocenters. The van der Waals surface area contributed by atoms with Crippen molar-refractivity contribution < 1.29 is 19.4 Å². The van der Waals surface area contributed by atoms with E-state index in [1.807, 2.05) is 13.0 Å². The summed E-state index contributed by atoms with van der Waals surface area (Å²) in [4.78, 5) is 27.0. The van der Waals surface area contributed by atoms with Crippen LogP contribution in [0.25, 0.3) is 17.0 Å². The molecule has 0 aliphatic rings. The Labute approximate surface area is 121 Å². The van der Waals surface area contributed by atoms with E-state index in [1.54, 1.807) is 25.4 Å². The molecule has 0 bridgehead atoms. The van der Waals surface area contributed by atoms with E-state index in [-0.39, 0.29) is 0 Å². The van der Waals surface area contributed by atoms with E-state index in [0.717, 1.165) is 11.6 Å². The number of amides is 1. The van der Waals surface area contributed by atoms with Gasteiger partial charge in [-0.2, -0.15) is 0 Å². The van der Waals surface area contributed by atoms with Crippen molar-refractivity contribution in [1.29, 1.82) is 0 Å². The molecule has 2 rings (SSSR count). The molecule has 0 aliphatic carbocycles. The van der Waals surface area contributed by atoms with Crippen LogP contribution in [-0.4, -0.2) is 40.6 Å². The molecule has 0 aliphatic heterocycles. The second kappa shape index (κ2) is 6.13. The van der Waals surface area contributed by atoms with Gasteiger partial charge in [0.25, 0.3) is 0 Å². The van der Waals surface area contributed by atoms with Crippen LogP contribution in [0.2, 0.25) is 0 Å². The number of aliphatic carboxylic acids is 1. The molecular formula is C15H16N2O4. The summed E-state index contributed by atoms with van der Waals surface area (Å²) in [6.45, 7) is 2.38. The van der Waals surface area contributed by atoms with Gasteiger partial charge in [-0.15, -0.1) is 0 Å². The molecule has 1 amide bonds. The van der Waals surface area contributed by atoms with Gasteiger partial charge in [0.2, 0.25) is 0 Å². The number of aromatic amines is 1. The van der Waals surface area contributed by atoms with Crippen LogP contribution >= 0.6 is 0 Å². The molecule has 0 saturated heterocycles. The Bertz CT molecular complexity index is 703. The Morgan fingerprint density at radius 2 is 2.19 bits per heavy atom. The number of ether oxygens (including phenoxy) is 1. The van der Waals surface area contributed by atoms with Gasteiger partial charge in [-0.1, -0.05) is 6.07 Å². The number of carbonyl (C=O) groups excluding carboxylic acids is 1. The van der Waals surface area contributed by atoms with Crippen molar-refractivity contribution in [1.82, 2.24) is 9.88 Å². The second-order valence-corrected chi connectivity index (χ2v) is 4.48. The number of hydrogen-bond acceptors (Lipinski definition) is 3. The van der Waals surface area contributed by atoms with E-state index in [4.69, 9.17) is 9.84 Å². The summed E-state index contributed by atoms with van der Waals surface area (Å²) in [5.74, 6) is -0.645. The highest BCUT2D eigenvalue weighted by Crippen LogP contribution is 2.30. The Morgan fingerprint density at radius 3 is 2.86 bits per heavy atom. The molecule has 0 saturated carbocycles. The van der Waals surface area contributed by atoms with Crippen molar-refractivity contribution in [2.45, 2.75) is 6.92 Å². The minimum Gasteiger partial charge on any atom is -0.478 e. The Balaban J connectivity index is 2.41. The van der Waals surface area contributed by atoms with Gasteiger partial charge < -0.3 is 19.7 Å². The highest BCUT2D eigenvalue weighted by molar-refractivity contribution is 5.97. The third-order valence-corrected chi connectivity index (χ3v) is 3.09. The Kier molecular flexibility index (Phi) is 4.27. The molecule has 6 nitrogen and oxygen atoms in total. The smallest absolute Gasteiger partial charge is 0.414 e. The summed E-state index contributed by atoms with van der Waals surface area (Å²) < 4.78 is 5.37. The third kappa shape index (κ3) is 3.22. The predicted molar refractivity (Wildman–Crippen MR) is 79.3 cm³/mol. The number of rotatable bonds is 4. The number of benzene rings is 1. The number of carbonyl (C=O) groups is 2. The van der Waals surface area contributed by atoms with Crippen LogP contribution in [0.5, 0.6) is 5.75 Å². The standard InChI is InChI=1S/C15H16N2O4/c1-3-17(2)15(20)21-12-6-4-5-11-14(12)10(9-16-11)7-8-13(18)19/h4-9,16H,3H2,1-2H3,(H,18,19)/b8-7+. The average Bonchev–Trinajstić information content (AvgIpc) is 2.88. The lowest BCUT2D eigenvalue weighted by atomic mass is 10.1. The number of nitrogens with zero attached hydrogens (tertiary/aromatic N) is 1. The SMILES string of the molecule is CCN(C)C(=O)Oc1cccc2[nH]cc(/C=C/C(=O)O)c12. The molecule has 21 heavy (non-hydrogen) atoms. The fourth-order valence-corrected chi connectivity index (χ4v) is 1.86. The van der Waals surface area contributed by atoms with Gasteiger partial charge in [0.05, 0.1) is 0 Å². The van der Waals surface area contributed by atoms with Gasteiger partial charge in [0.15, 0.2) is 0 Å². The number of fused-ring (bicyclic) bond motifs is 1. The van der Waals surface area contributed by atoms with E-state index >= 15 is 0 Å². The molecule has 110 valence electrons. The molecule has 6 heteroatoms. The fourth-order valence-electron chi connectivity index (χ4n) is 1.86. The molecule has 0 fully saturated rings. The normalized spacial score (nSPS) is 11.0. The Morgan fingerprint density at radius 1 is 1.43 bits per heavy atom. The van der Waals surface area contributed by atoms with Gasteiger partial charge in [-0.3, -0.25) is 0 Å². The Hall–Kier alpha value is -2.76. The summed E-state index contributed by atoms with van der Waals surface area (Å²) in [6, 6.07) is 5.27. The molecule has 2 aromatic rings. The fraction of sp³-hybridized carbons (Fsp3) is 0.200. The first-order valence-electron chi connectivity index (χ1n) is 6.47.